The molecule has 2 N–H and O–H groups in total. The van der Waals surface area contributed by atoms with Gasteiger partial charge in [-0.05, 0) is 60.1 Å². The van der Waals surface area contributed by atoms with Crippen LogP contribution in [0, 0.1) is 3.57 Å². The molecule has 0 saturated carbocycles. The SMILES string of the molecule is CNC(=O)C1CCCCN1C(=O)c1ccc(I)c(O)c1. The van der Waals surface area contributed by atoms with E-state index in [2.05, 4.69) is 5.32 Å². The Morgan fingerprint density at radius 2 is 2.15 bits per heavy atom. The van der Waals surface area contributed by atoms with Gasteiger partial charge in [0.2, 0.25) is 5.91 Å². The highest BCUT2D eigenvalue weighted by atomic mass is 127. The van der Waals surface area contributed by atoms with Gasteiger partial charge < -0.3 is 15.3 Å². The molecule has 0 aromatic heterocycles. The number of carbonyl (C=O) groups excluding carboxylic acids is 2. The van der Waals surface area contributed by atoms with Gasteiger partial charge >= 0.3 is 0 Å². The van der Waals surface area contributed by atoms with Gasteiger partial charge in [0.15, 0.2) is 0 Å². The second-order valence-corrected chi connectivity index (χ2v) is 5.95. The van der Waals surface area contributed by atoms with Gasteiger partial charge in [0, 0.05) is 19.2 Å². The Morgan fingerprint density at radius 1 is 1.40 bits per heavy atom. The Hall–Kier alpha value is -1.31. The molecule has 2 amide bonds. The van der Waals surface area contributed by atoms with Crippen molar-refractivity contribution in [1.29, 1.82) is 0 Å². The zero-order valence-corrected chi connectivity index (χ0v) is 13.4. The molecule has 1 aliphatic rings. The predicted molar refractivity (Wildman–Crippen MR) is 83.6 cm³/mol. The standard InChI is InChI=1S/C14H17IN2O3/c1-16-13(19)11-4-2-3-7-17(11)14(20)9-5-6-10(15)12(18)8-9/h5-6,8,11,18H,2-4,7H2,1H3,(H,16,19). The fraction of sp³-hybridized carbons (Fsp3) is 0.429. The lowest BCUT2D eigenvalue weighted by molar-refractivity contribution is -0.126. The van der Waals surface area contributed by atoms with Crippen LogP contribution < -0.4 is 5.32 Å². The Bertz CT molecular complexity index is 533. The van der Waals surface area contributed by atoms with Crippen molar-refractivity contribution in [2.24, 2.45) is 0 Å². The topological polar surface area (TPSA) is 69.6 Å². The fourth-order valence-electron chi connectivity index (χ4n) is 2.43. The molecule has 0 aliphatic carbocycles. The van der Waals surface area contributed by atoms with E-state index in [0.29, 0.717) is 22.1 Å². The molecule has 1 unspecified atom stereocenters. The largest absolute Gasteiger partial charge is 0.507 e. The van der Waals surface area contributed by atoms with Crippen molar-refractivity contribution in [3.05, 3.63) is 27.3 Å². The summed E-state index contributed by atoms with van der Waals surface area (Å²) >= 11 is 2.00. The number of nitrogens with one attached hydrogen (secondary N) is 1. The number of benzene rings is 1. The van der Waals surface area contributed by atoms with Crippen LogP contribution in [0.4, 0.5) is 0 Å². The number of likely N-dealkylation sites (tertiary alicyclic amines) is 1. The minimum absolute atomic E-state index is 0.0879. The number of carbonyl (C=O) groups is 2. The van der Waals surface area contributed by atoms with Crippen molar-refractivity contribution >= 4 is 34.4 Å². The number of amides is 2. The molecule has 1 fully saturated rings. The first-order chi connectivity index (χ1) is 9.54. The first-order valence-electron chi connectivity index (χ1n) is 6.55. The smallest absolute Gasteiger partial charge is 0.254 e. The molecule has 0 bridgehead atoms. The van der Waals surface area contributed by atoms with E-state index in [0.717, 1.165) is 12.8 Å². The highest BCUT2D eigenvalue weighted by Gasteiger charge is 2.32. The monoisotopic (exact) mass is 388 g/mol. The van der Waals surface area contributed by atoms with Gasteiger partial charge in [0.1, 0.15) is 11.8 Å². The van der Waals surface area contributed by atoms with Gasteiger partial charge in [0.05, 0.1) is 3.57 Å². The predicted octanol–water partition coefficient (Wildman–Crippen LogP) is 1.74. The molecule has 20 heavy (non-hydrogen) atoms. The summed E-state index contributed by atoms with van der Waals surface area (Å²) in [6.07, 6.45) is 2.52. The number of phenolic OH excluding ortho intramolecular Hbond substituents is 1. The van der Waals surface area contributed by atoms with Crippen molar-refractivity contribution in [3.8, 4) is 5.75 Å². The van der Waals surface area contributed by atoms with E-state index in [4.69, 9.17) is 0 Å². The second kappa shape index (κ2) is 6.43. The van der Waals surface area contributed by atoms with Gasteiger partial charge in [-0.15, -0.1) is 0 Å². The van der Waals surface area contributed by atoms with Crippen LogP contribution in [0.5, 0.6) is 5.75 Å². The summed E-state index contributed by atoms with van der Waals surface area (Å²) in [7, 11) is 1.58. The summed E-state index contributed by atoms with van der Waals surface area (Å²) in [5.74, 6) is -0.247. The fourth-order valence-corrected chi connectivity index (χ4v) is 2.76. The number of halogens is 1. The molecule has 1 heterocycles. The zero-order valence-electron chi connectivity index (χ0n) is 11.2. The molecule has 1 aromatic rings. The molecule has 1 aromatic carbocycles. The van der Waals surface area contributed by atoms with Crippen molar-refractivity contribution in [3.63, 3.8) is 0 Å². The maximum Gasteiger partial charge on any atom is 0.254 e. The van der Waals surface area contributed by atoms with E-state index in [1.165, 1.54) is 6.07 Å². The first kappa shape index (κ1) is 15.1. The van der Waals surface area contributed by atoms with Crippen molar-refractivity contribution in [1.82, 2.24) is 10.2 Å². The number of nitrogens with zero attached hydrogens (tertiary/aromatic N) is 1. The van der Waals surface area contributed by atoms with Crippen LogP contribution in [0.25, 0.3) is 0 Å². The van der Waals surface area contributed by atoms with Crippen LogP contribution in [0.3, 0.4) is 0 Å². The van der Waals surface area contributed by atoms with Gasteiger partial charge in [-0.1, -0.05) is 0 Å². The summed E-state index contributed by atoms with van der Waals surface area (Å²) < 4.78 is 0.695. The molecular formula is C14H17IN2O3. The third-order valence-corrected chi connectivity index (χ3v) is 4.42. The summed E-state index contributed by atoms with van der Waals surface area (Å²) in [5, 5.41) is 12.3. The number of hydrogen-bond donors (Lipinski definition) is 2. The molecule has 0 spiro atoms. The molecule has 5 nitrogen and oxygen atoms in total. The van der Waals surface area contributed by atoms with Crippen LogP contribution in [0.1, 0.15) is 29.6 Å². The maximum absolute atomic E-state index is 12.5. The van der Waals surface area contributed by atoms with Crippen molar-refractivity contribution in [2.75, 3.05) is 13.6 Å². The Morgan fingerprint density at radius 3 is 2.80 bits per heavy atom. The second-order valence-electron chi connectivity index (χ2n) is 4.79. The number of likely N-dealkylation sites (N-methyl/N-ethyl adjacent to an activating group) is 1. The minimum Gasteiger partial charge on any atom is -0.507 e. The average Bonchev–Trinajstić information content (AvgIpc) is 2.48. The van der Waals surface area contributed by atoms with E-state index in [-0.39, 0.29) is 17.6 Å². The number of phenols is 1. The van der Waals surface area contributed by atoms with Crippen LogP contribution in [0.2, 0.25) is 0 Å². The van der Waals surface area contributed by atoms with Crippen LogP contribution in [-0.4, -0.2) is 41.5 Å². The first-order valence-corrected chi connectivity index (χ1v) is 7.63. The number of hydrogen-bond acceptors (Lipinski definition) is 3. The molecular weight excluding hydrogens is 371 g/mol. The lowest BCUT2D eigenvalue weighted by Crippen LogP contribution is -2.51. The van der Waals surface area contributed by atoms with E-state index in [1.54, 1.807) is 24.1 Å². The van der Waals surface area contributed by atoms with Crippen LogP contribution >= 0.6 is 22.6 Å². The van der Waals surface area contributed by atoms with E-state index >= 15 is 0 Å². The molecule has 1 aliphatic heterocycles. The molecule has 6 heteroatoms. The Labute approximate surface area is 131 Å². The molecule has 2 rings (SSSR count). The number of rotatable bonds is 2. The third-order valence-electron chi connectivity index (χ3n) is 3.51. The number of piperidine rings is 1. The van der Waals surface area contributed by atoms with Gasteiger partial charge in [0.25, 0.3) is 5.91 Å². The van der Waals surface area contributed by atoms with Gasteiger partial charge in [-0.2, -0.15) is 0 Å². The Kier molecular flexibility index (Phi) is 4.85. The molecule has 1 saturated heterocycles. The van der Waals surface area contributed by atoms with Crippen molar-refractivity contribution in [2.45, 2.75) is 25.3 Å². The van der Waals surface area contributed by atoms with E-state index in [1.807, 2.05) is 22.6 Å². The highest BCUT2D eigenvalue weighted by Crippen LogP contribution is 2.24. The molecule has 108 valence electrons. The van der Waals surface area contributed by atoms with E-state index < -0.39 is 6.04 Å². The normalized spacial score (nSPS) is 18.7. The lowest BCUT2D eigenvalue weighted by atomic mass is 10.00. The lowest BCUT2D eigenvalue weighted by Gasteiger charge is -2.34. The van der Waals surface area contributed by atoms with Gasteiger partial charge in [-0.25, -0.2) is 0 Å². The van der Waals surface area contributed by atoms with E-state index in [9.17, 15) is 14.7 Å². The summed E-state index contributed by atoms with van der Waals surface area (Å²) in [6.45, 7) is 0.573. The van der Waals surface area contributed by atoms with Crippen LogP contribution in [-0.2, 0) is 4.79 Å². The molecule has 0 radical (unpaired) electrons. The maximum atomic E-state index is 12.5. The summed E-state index contributed by atoms with van der Waals surface area (Å²) in [5.41, 5.74) is 0.415. The van der Waals surface area contributed by atoms with Gasteiger partial charge in [-0.3, -0.25) is 9.59 Å². The third kappa shape index (κ3) is 3.05. The highest BCUT2D eigenvalue weighted by molar-refractivity contribution is 14.1. The summed E-state index contributed by atoms with van der Waals surface area (Å²) in [4.78, 5) is 26.0. The number of aromatic hydroxyl groups is 1. The molecule has 1 atom stereocenters. The van der Waals surface area contributed by atoms with Crippen LogP contribution in [0.15, 0.2) is 18.2 Å². The summed E-state index contributed by atoms with van der Waals surface area (Å²) in [6, 6.07) is 4.42. The quantitative estimate of drug-likeness (QED) is 0.759. The minimum atomic E-state index is -0.414. The van der Waals surface area contributed by atoms with Crippen molar-refractivity contribution < 1.29 is 14.7 Å². The average molecular weight is 388 g/mol. The Balaban J connectivity index is 2.25. The zero-order chi connectivity index (χ0) is 14.7.